The predicted octanol–water partition coefficient (Wildman–Crippen LogP) is 1.54. The summed E-state index contributed by atoms with van der Waals surface area (Å²) in [4.78, 5) is 3.78. The summed E-state index contributed by atoms with van der Waals surface area (Å²) in [5.74, 6) is 0. The van der Waals surface area contributed by atoms with E-state index in [2.05, 4.69) is 21.8 Å². The van der Waals surface area contributed by atoms with E-state index >= 15 is 0 Å². The second-order valence-electron chi connectivity index (χ2n) is 2.27. The number of nitrogens with one attached hydrogen (secondary N) is 2. The minimum absolute atomic E-state index is 0.961. The van der Waals surface area contributed by atoms with Crippen molar-refractivity contribution in [1.29, 1.82) is 0 Å². The van der Waals surface area contributed by atoms with Crippen molar-refractivity contribution in [3.05, 3.63) is 34.8 Å². The molecular formula is C9H12N3+. The molecule has 0 saturated heterocycles. The van der Waals surface area contributed by atoms with Gasteiger partial charge in [-0.1, -0.05) is 5.43 Å². The van der Waals surface area contributed by atoms with E-state index in [1.54, 1.807) is 7.05 Å². The van der Waals surface area contributed by atoms with Crippen molar-refractivity contribution in [3.63, 3.8) is 0 Å². The highest BCUT2D eigenvalue weighted by Gasteiger charge is 1.93. The summed E-state index contributed by atoms with van der Waals surface area (Å²) in [7, 11) is 3.63. The van der Waals surface area contributed by atoms with Crippen LogP contribution in [-0.4, -0.2) is 14.1 Å². The summed E-state index contributed by atoms with van der Waals surface area (Å²) in [5.41, 5.74) is 4.69. The topological polar surface area (TPSA) is 28.4 Å². The lowest BCUT2D eigenvalue weighted by molar-refractivity contribution is 1.10. The monoisotopic (exact) mass is 162 g/mol. The summed E-state index contributed by atoms with van der Waals surface area (Å²) in [6.45, 7) is 0. The smallest absolute Gasteiger partial charge is 0.357 e. The van der Waals surface area contributed by atoms with E-state index in [0.29, 0.717) is 0 Å². The van der Waals surface area contributed by atoms with Crippen LogP contribution in [-0.2, 0) is 0 Å². The Kier molecular flexibility index (Phi) is 2.97. The summed E-state index contributed by atoms with van der Waals surface area (Å²) < 4.78 is 0. The first-order valence-electron chi connectivity index (χ1n) is 3.77. The molecule has 0 aliphatic carbocycles. The fraction of sp³-hybridized carbons (Fsp3) is 0.222. The van der Waals surface area contributed by atoms with Gasteiger partial charge in [0.1, 0.15) is 5.56 Å². The van der Waals surface area contributed by atoms with Crippen molar-refractivity contribution in [2.45, 2.75) is 0 Å². The van der Waals surface area contributed by atoms with E-state index in [-0.39, 0.29) is 0 Å². The summed E-state index contributed by atoms with van der Waals surface area (Å²) in [6, 6.07) is 10.7. The van der Waals surface area contributed by atoms with Gasteiger partial charge in [-0.25, -0.2) is 0 Å². The molecular weight excluding hydrogens is 150 g/mol. The molecule has 1 aromatic rings. The van der Waals surface area contributed by atoms with Crippen LogP contribution in [0, 0.1) is 6.07 Å². The summed E-state index contributed by atoms with van der Waals surface area (Å²) in [5, 5.41) is 3.04. The Bertz CT molecular complexity index is 292. The molecule has 0 spiro atoms. The third kappa shape index (κ3) is 2.17. The van der Waals surface area contributed by atoms with Gasteiger partial charge in [0.05, 0.1) is 12.0 Å². The van der Waals surface area contributed by atoms with Crippen LogP contribution in [0.3, 0.4) is 0 Å². The molecule has 62 valence electrons. The fourth-order valence-corrected chi connectivity index (χ4v) is 0.832. The van der Waals surface area contributed by atoms with E-state index in [1.165, 1.54) is 0 Å². The molecule has 3 nitrogen and oxygen atoms in total. The molecule has 3 heteroatoms. The number of hydrogen-bond donors (Lipinski definition) is 2. The molecule has 0 unspecified atom stereocenters. The first-order chi connectivity index (χ1) is 5.86. The molecule has 0 aliphatic heterocycles. The Balaban J connectivity index is 2.78. The maximum Gasteiger partial charge on any atom is 0.357 e. The molecule has 0 fully saturated rings. The van der Waals surface area contributed by atoms with Gasteiger partial charge in [0.25, 0.3) is 0 Å². The zero-order valence-electron chi connectivity index (χ0n) is 7.26. The lowest BCUT2D eigenvalue weighted by atomic mass is 10.2. The quantitative estimate of drug-likeness (QED) is 0.613. The van der Waals surface area contributed by atoms with Crippen molar-refractivity contribution >= 4 is 5.69 Å². The average Bonchev–Trinajstić information content (AvgIpc) is 2.15. The Hall–Kier alpha value is -1.69. The Labute approximate surface area is 72.2 Å². The highest BCUT2D eigenvalue weighted by atomic mass is 15.2. The van der Waals surface area contributed by atoms with Crippen LogP contribution >= 0.6 is 0 Å². The predicted molar refractivity (Wildman–Crippen MR) is 51.4 cm³/mol. The second-order valence-corrected chi connectivity index (χ2v) is 2.27. The van der Waals surface area contributed by atoms with Crippen LogP contribution < -0.4 is 10.7 Å². The van der Waals surface area contributed by atoms with Crippen LogP contribution in [0.1, 0.15) is 5.56 Å². The van der Waals surface area contributed by atoms with Gasteiger partial charge < -0.3 is 5.32 Å². The van der Waals surface area contributed by atoms with Crippen LogP contribution in [0.5, 0.6) is 0 Å². The molecule has 0 bridgehead atoms. The lowest BCUT2D eigenvalue weighted by Gasteiger charge is -1.95. The van der Waals surface area contributed by atoms with Gasteiger partial charge in [-0.2, -0.15) is 0 Å². The standard InChI is InChI=1S/C9H11N3/c1-10-9-5-3-8(4-6-9)7-12-11-2/h3-6,11H,1-2H3/p+1. The van der Waals surface area contributed by atoms with E-state index in [4.69, 9.17) is 0 Å². The number of hydrogen-bond acceptors (Lipinski definition) is 2. The van der Waals surface area contributed by atoms with Gasteiger partial charge in [-0.3, -0.25) is 0 Å². The fourth-order valence-electron chi connectivity index (χ4n) is 0.832. The Morgan fingerprint density at radius 2 is 1.83 bits per heavy atom. The number of anilines is 1. The summed E-state index contributed by atoms with van der Waals surface area (Å²) >= 11 is 0. The highest BCUT2D eigenvalue weighted by molar-refractivity contribution is 5.47. The van der Waals surface area contributed by atoms with Gasteiger partial charge in [0.15, 0.2) is 0 Å². The first kappa shape index (κ1) is 8.41. The van der Waals surface area contributed by atoms with Crippen molar-refractivity contribution in [3.8, 4) is 6.07 Å². The Morgan fingerprint density at radius 1 is 1.17 bits per heavy atom. The minimum atomic E-state index is 0.961. The largest absolute Gasteiger partial charge is 0.388 e. The van der Waals surface area contributed by atoms with Crippen LogP contribution in [0.2, 0.25) is 0 Å². The maximum absolute atomic E-state index is 3.78. The molecule has 2 N–H and O–H groups in total. The van der Waals surface area contributed by atoms with Crippen LogP contribution in [0.4, 0.5) is 5.69 Å². The molecule has 0 amide bonds. The normalized spacial score (nSPS) is 8.17. The molecule has 1 rings (SSSR count). The third-order valence-electron chi connectivity index (χ3n) is 1.47. The zero-order chi connectivity index (χ0) is 8.81. The number of nitrogens with zero attached hydrogens (tertiary/aromatic N) is 1. The molecule has 0 saturated carbocycles. The van der Waals surface area contributed by atoms with Gasteiger partial charge in [-0.05, 0) is 24.3 Å². The molecule has 0 radical (unpaired) electrons. The molecule has 0 heterocycles. The van der Waals surface area contributed by atoms with Crippen molar-refractivity contribution in [1.82, 2.24) is 5.43 Å². The van der Waals surface area contributed by atoms with E-state index in [0.717, 1.165) is 11.3 Å². The van der Waals surface area contributed by atoms with Crippen molar-refractivity contribution in [2.75, 3.05) is 19.4 Å². The molecule has 1 aromatic carbocycles. The van der Waals surface area contributed by atoms with Gasteiger partial charge in [-0.15, -0.1) is 0 Å². The van der Waals surface area contributed by atoms with E-state index < -0.39 is 0 Å². The van der Waals surface area contributed by atoms with Crippen LogP contribution in [0.15, 0.2) is 24.3 Å². The van der Waals surface area contributed by atoms with E-state index in [1.807, 2.05) is 31.3 Å². The number of rotatable bonds is 1. The first-order valence-corrected chi connectivity index (χ1v) is 3.77. The third-order valence-corrected chi connectivity index (χ3v) is 1.47. The summed E-state index contributed by atoms with van der Waals surface area (Å²) in [6.07, 6.45) is 0. The molecule has 0 atom stereocenters. The van der Waals surface area contributed by atoms with Crippen molar-refractivity contribution in [2.24, 2.45) is 0 Å². The molecule has 12 heavy (non-hydrogen) atoms. The van der Waals surface area contributed by atoms with Crippen molar-refractivity contribution < 1.29 is 0 Å². The maximum atomic E-state index is 3.78. The second kappa shape index (κ2) is 4.24. The van der Waals surface area contributed by atoms with Gasteiger partial charge in [0.2, 0.25) is 0 Å². The minimum Gasteiger partial charge on any atom is -0.388 e. The number of benzene rings is 1. The molecule has 0 aromatic heterocycles. The highest BCUT2D eigenvalue weighted by Crippen LogP contribution is 2.06. The average molecular weight is 162 g/mol. The molecule has 0 aliphatic rings. The Morgan fingerprint density at radius 3 is 2.33 bits per heavy atom. The van der Waals surface area contributed by atoms with Gasteiger partial charge in [0, 0.05) is 12.7 Å². The SMILES string of the molecule is CN[N+]#Cc1ccc(NC)cc1. The van der Waals surface area contributed by atoms with Crippen LogP contribution in [0.25, 0.3) is 4.95 Å². The lowest BCUT2D eigenvalue weighted by Crippen LogP contribution is -1.88. The van der Waals surface area contributed by atoms with E-state index in [9.17, 15) is 0 Å². The zero-order valence-corrected chi connectivity index (χ0v) is 7.26. The van der Waals surface area contributed by atoms with Gasteiger partial charge >= 0.3 is 6.07 Å².